The largest absolute Gasteiger partial charge is 0.332 e. The van der Waals surface area contributed by atoms with Gasteiger partial charge in [-0.15, -0.1) is 23.1 Å². The van der Waals surface area contributed by atoms with Crippen LogP contribution in [-0.4, -0.2) is 11.2 Å². The monoisotopic (exact) mass is 266 g/mol. The van der Waals surface area contributed by atoms with Crippen molar-refractivity contribution in [3.05, 3.63) is 33.3 Å². The second-order valence-electron chi connectivity index (χ2n) is 4.12. The van der Waals surface area contributed by atoms with Gasteiger partial charge in [0.1, 0.15) is 0 Å². The van der Waals surface area contributed by atoms with E-state index in [9.17, 15) is 0 Å². The quantitative estimate of drug-likeness (QED) is 0.872. The molecule has 1 aliphatic carbocycles. The lowest BCUT2D eigenvalue weighted by Crippen LogP contribution is -2.04. The zero-order chi connectivity index (χ0) is 12.3. The van der Waals surface area contributed by atoms with E-state index in [1.165, 1.54) is 27.5 Å². The van der Waals surface area contributed by atoms with Crippen LogP contribution in [0.3, 0.4) is 0 Å². The Kier molecular flexibility index (Phi) is 4.29. The van der Waals surface area contributed by atoms with Gasteiger partial charge in [0.2, 0.25) is 0 Å². The number of aryl methyl sites for hydroxylation is 1. The van der Waals surface area contributed by atoms with Crippen molar-refractivity contribution in [2.75, 3.05) is 11.6 Å². The van der Waals surface area contributed by atoms with Gasteiger partial charge in [0.15, 0.2) is 5.13 Å². The molecule has 0 radical (unpaired) electrons. The number of hydrogen-bond donors (Lipinski definition) is 1. The Balaban J connectivity index is 2.14. The fourth-order valence-corrected chi connectivity index (χ4v) is 3.06. The lowest BCUT2D eigenvalue weighted by molar-refractivity contribution is 0.929. The number of hydrogen-bond acceptors (Lipinski definition) is 4. The lowest BCUT2D eigenvalue weighted by atomic mass is 10.0. The van der Waals surface area contributed by atoms with Crippen molar-refractivity contribution < 1.29 is 0 Å². The molecular weight excluding hydrogens is 248 g/mol. The molecule has 1 aromatic heterocycles. The van der Waals surface area contributed by atoms with Gasteiger partial charge in [-0.2, -0.15) is 0 Å². The van der Waals surface area contributed by atoms with Crippen LogP contribution >= 0.6 is 23.1 Å². The van der Waals surface area contributed by atoms with Gasteiger partial charge in [0, 0.05) is 16.8 Å². The normalized spacial score (nSPS) is 16.1. The summed E-state index contributed by atoms with van der Waals surface area (Å²) in [6.07, 6.45) is 9.75. The summed E-state index contributed by atoms with van der Waals surface area (Å²) in [5.74, 6) is 0. The minimum absolute atomic E-state index is 1.01. The average molecular weight is 266 g/mol. The second kappa shape index (κ2) is 5.74. The third kappa shape index (κ3) is 3.13. The predicted molar refractivity (Wildman–Crippen MR) is 78.6 cm³/mol. The molecule has 1 aliphatic rings. The van der Waals surface area contributed by atoms with E-state index in [1.807, 2.05) is 18.0 Å². The number of anilines is 1. The van der Waals surface area contributed by atoms with Crippen molar-refractivity contribution in [2.24, 2.45) is 0 Å². The van der Waals surface area contributed by atoms with Crippen LogP contribution < -0.4 is 5.32 Å². The van der Waals surface area contributed by atoms with Gasteiger partial charge < -0.3 is 5.32 Å². The summed E-state index contributed by atoms with van der Waals surface area (Å²) in [6, 6.07) is 0. The number of rotatable bonds is 4. The first-order valence-electron chi connectivity index (χ1n) is 5.89. The molecule has 0 amide bonds. The van der Waals surface area contributed by atoms with E-state index in [4.69, 9.17) is 0 Å². The minimum Gasteiger partial charge on any atom is -0.332 e. The van der Waals surface area contributed by atoms with Gasteiger partial charge in [-0.25, -0.2) is 4.98 Å². The smallest absolute Gasteiger partial charge is 0.187 e. The molecule has 1 aromatic rings. The standard InChI is InChI=1S/C13H18N2S2/c1-4-10-8-14-13(17-10)15-12-7-11(16-3)6-5-9(12)2/h7-8H,4-6H2,1-3H3,(H,14,15). The molecule has 1 heterocycles. The van der Waals surface area contributed by atoms with Crippen molar-refractivity contribution in [2.45, 2.75) is 33.1 Å². The summed E-state index contributed by atoms with van der Waals surface area (Å²) in [7, 11) is 0. The van der Waals surface area contributed by atoms with Crippen LogP contribution in [0.5, 0.6) is 0 Å². The molecule has 0 atom stereocenters. The van der Waals surface area contributed by atoms with Crippen LogP contribution in [0.2, 0.25) is 0 Å². The van der Waals surface area contributed by atoms with Gasteiger partial charge in [-0.05, 0) is 49.0 Å². The SMILES string of the molecule is CCc1cnc(NC2=C(C)CCC(SC)=C2)s1. The Morgan fingerprint density at radius 3 is 2.94 bits per heavy atom. The van der Waals surface area contributed by atoms with E-state index >= 15 is 0 Å². The number of thioether (sulfide) groups is 1. The van der Waals surface area contributed by atoms with Crippen LogP contribution in [0.4, 0.5) is 5.13 Å². The Morgan fingerprint density at radius 1 is 1.47 bits per heavy atom. The summed E-state index contributed by atoms with van der Waals surface area (Å²) < 4.78 is 0. The van der Waals surface area contributed by atoms with Crippen LogP contribution in [0.25, 0.3) is 0 Å². The Hall–Kier alpha value is -0.740. The first-order chi connectivity index (χ1) is 8.22. The highest BCUT2D eigenvalue weighted by Gasteiger charge is 2.11. The van der Waals surface area contributed by atoms with E-state index in [2.05, 4.69) is 36.5 Å². The van der Waals surface area contributed by atoms with Crippen molar-refractivity contribution in [1.29, 1.82) is 0 Å². The molecule has 92 valence electrons. The van der Waals surface area contributed by atoms with Crippen LogP contribution in [0, 0.1) is 0 Å². The van der Waals surface area contributed by atoms with E-state index in [1.54, 1.807) is 11.3 Å². The zero-order valence-electron chi connectivity index (χ0n) is 10.5. The van der Waals surface area contributed by atoms with Gasteiger partial charge in [-0.3, -0.25) is 0 Å². The molecule has 2 rings (SSSR count). The Bertz CT molecular complexity index is 458. The van der Waals surface area contributed by atoms with Gasteiger partial charge in [0.05, 0.1) is 0 Å². The van der Waals surface area contributed by atoms with Gasteiger partial charge >= 0.3 is 0 Å². The van der Waals surface area contributed by atoms with E-state index in [-0.39, 0.29) is 0 Å². The molecule has 0 aliphatic heterocycles. The fraction of sp³-hybridized carbons (Fsp3) is 0.462. The number of thiazole rings is 1. The van der Waals surface area contributed by atoms with Crippen molar-refractivity contribution in [3.63, 3.8) is 0 Å². The maximum Gasteiger partial charge on any atom is 0.187 e. The Morgan fingerprint density at radius 2 is 2.29 bits per heavy atom. The van der Waals surface area contributed by atoms with E-state index in [0.29, 0.717) is 0 Å². The topological polar surface area (TPSA) is 24.9 Å². The highest BCUT2D eigenvalue weighted by Crippen LogP contribution is 2.30. The summed E-state index contributed by atoms with van der Waals surface area (Å²) in [6.45, 7) is 4.36. The zero-order valence-corrected chi connectivity index (χ0v) is 12.2. The number of nitrogens with zero attached hydrogens (tertiary/aromatic N) is 1. The average Bonchev–Trinajstić information content (AvgIpc) is 2.80. The number of aromatic nitrogens is 1. The van der Waals surface area contributed by atoms with Gasteiger partial charge in [-0.1, -0.05) is 6.92 Å². The minimum atomic E-state index is 1.01. The summed E-state index contributed by atoms with van der Waals surface area (Å²) >= 11 is 3.59. The maximum atomic E-state index is 4.40. The molecule has 0 saturated heterocycles. The molecule has 0 saturated carbocycles. The molecule has 0 aromatic carbocycles. The third-order valence-corrected chi connectivity index (χ3v) is 4.82. The number of nitrogens with one attached hydrogen (secondary N) is 1. The molecule has 0 fully saturated rings. The predicted octanol–water partition coefficient (Wildman–Crippen LogP) is 4.43. The second-order valence-corrected chi connectivity index (χ2v) is 6.17. The molecule has 0 spiro atoms. The fourth-order valence-electron chi connectivity index (χ4n) is 1.75. The Labute approximate surface area is 111 Å². The van der Waals surface area contributed by atoms with Crippen molar-refractivity contribution >= 4 is 28.2 Å². The molecule has 1 N–H and O–H groups in total. The van der Waals surface area contributed by atoms with E-state index in [0.717, 1.165) is 18.0 Å². The van der Waals surface area contributed by atoms with E-state index < -0.39 is 0 Å². The van der Waals surface area contributed by atoms with Crippen LogP contribution in [-0.2, 0) is 6.42 Å². The highest BCUT2D eigenvalue weighted by molar-refractivity contribution is 8.02. The molecular formula is C13H18N2S2. The molecule has 2 nitrogen and oxygen atoms in total. The maximum absolute atomic E-state index is 4.40. The van der Waals surface area contributed by atoms with Gasteiger partial charge in [0.25, 0.3) is 0 Å². The third-order valence-electron chi connectivity index (χ3n) is 2.92. The molecule has 4 heteroatoms. The highest BCUT2D eigenvalue weighted by atomic mass is 32.2. The molecule has 0 bridgehead atoms. The first kappa shape index (κ1) is 12.7. The summed E-state index contributed by atoms with van der Waals surface area (Å²) in [4.78, 5) is 7.18. The van der Waals surface area contributed by atoms with Crippen LogP contribution in [0.1, 0.15) is 31.6 Å². The van der Waals surface area contributed by atoms with Crippen molar-refractivity contribution in [3.8, 4) is 0 Å². The number of allylic oxidation sites excluding steroid dienone is 3. The van der Waals surface area contributed by atoms with Crippen LogP contribution in [0.15, 0.2) is 28.4 Å². The molecule has 0 unspecified atom stereocenters. The summed E-state index contributed by atoms with van der Waals surface area (Å²) in [5.41, 5.74) is 2.66. The van der Waals surface area contributed by atoms with Crippen molar-refractivity contribution in [1.82, 2.24) is 4.98 Å². The summed E-state index contributed by atoms with van der Waals surface area (Å²) in [5, 5.41) is 4.46. The molecule has 17 heavy (non-hydrogen) atoms. The first-order valence-corrected chi connectivity index (χ1v) is 7.93. The lowest BCUT2D eigenvalue weighted by Gasteiger charge is -2.17.